The Morgan fingerprint density at radius 1 is 0.907 bits per heavy atom. The molecule has 0 aliphatic heterocycles. The molecule has 1 aromatic heterocycles. The van der Waals surface area contributed by atoms with Crippen molar-refractivity contribution in [3.05, 3.63) is 101 Å². The van der Waals surface area contributed by atoms with Crippen LogP contribution in [-0.2, 0) is 19.9 Å². The van der Waals surface area contributed by atoms with E-state index in [1.54, 1.807) is 12.1 Å². The molecule has 4 aromatic rings. The largest absolute Gasteiger partial charge is 0.480 e. The van der Waals surface area contributed by atoms with E-state index in [1.807, 2.05) is 49.4 Å². The molecule has 17 heteroatoms. The molecule has 5 rings (SSSR count). The topological polar surface area (TPSA) is 185 Å². The Bertz CT molecular complexity index is 1950. The van der Waals surface area contributed by atoms with Crippen molar-refractivity contribution in [3.63, 3.8) is 0 Å². The number of carboxylic acids is 1. The van der Waals surface area contributed by atoms with Crippen LogP contribution in [0.15, 0.2) is 78.9 Å². The number of carbonyl (C=O) groups is 4. The second-order valence-electron chi connectivity index (χ2n) is 12.8. The summed E-state index contributed by atoms with van der Waals surface area (Å²) in [5.41, 5.74) is 1.80. The normalized spacial score (nSPS) is 14.2. The highest BCUT2D eigenvalue weighted by atomic mass is 35.5. The lowest BCUT2D eigenvalue weighted by atomic mass is 9.95. The van der Waals surface area contributed by atoms with Crippen LogP contribution in [0.3, 0.4) is 0 Å². The standard InChI is InChI=1S/C37H37ClF3N7O6/c1-22(23-5-3-2-4-6-23)7-16-29(49)31(51)42-20-17-28(32(52)53)44-30(50)24-8-14-27(15-9-24)43-33-45-34(47-35(46-33)54-21-37(39,40)41)48-36(18-19-36)25-10-12-26(38)13-11-25/h2-6,8-15,22,28H,7,16-21H2,1H3,(H,42,51)(H,44,50)(H,52,53)(H2,43,45,46,47,48)/t22?,28-/m0/s1. The summed E-state index contributed by atoms with van der Waals surface area (Å²) in [5.74, 6) is -3.64. The van der Waals surface area contributed by atoms with Gasteiger partial charge in [-0.3, -0.25) is 14.4 Å². The molecule has 1 aliphatic rings. The van der Waals surface area contributed by atoms with Crippen LogP contribution in [0.1, 0.15) is 66.4 Å². The zero-order valence-electron chi connectivity index (χ0n) is 29.0. The molecule has 0 radical (unpaired) electrons. The first-order chi connectivity index (χ1) is 25.7. The van der Waals surface area contributed by atoms with Crippen LogP contribution in [0.5, 0.6) is 6.01 Å². The first kappa shape index (κ1) is 39.4. The number of aromatic nitrogens is 3. The summed E-state index contributed by atoms with van der Waals surface area (Å²) in [5, 5.41) is 21.1. The SMILES string of the molecule is CC(CCC(=O)C(=O)NCC[C@H](NC(=O)c1ccc(Nc2nc(NC3(c4ccc(Cl)cc4)CC3)nc(OCC(F)(F)F)n2)cc1)C(=O)O)c1ccccc1. The van der Waals surface area contributed by atoms with E-state index in [0.717, 1.165) is 11.1 Å². The lowest BCUT2D eigenvalue weighted by molar-refractivity contribution is -0.154. The quantitative estimate of drug-likeness (QED) is 0.0732. The second-order valence-corrected chi connectivity index (χ2v) is 13.2. The molecule has 2 amide bonds. The van der Waals surface area contributed by atoms with Crippen molar-refractivity contribution in [3.8, 4) is 6.01 Å². The smallest absolute Gasteiger partial charge is 0.422 e. The summed E-state index contributed by atoms with van der Waals surface area (Å²) in [6.07, 6.45) is -2.92. The van der Waals surface area contributed by atoms with Crippen LogP contribution in [0.4, 0.5) is 30.8 Å². The van der Waals surface area contributed by atoms with Gasteiger partial charge in [-0.25, -0.2) is 4.79 Å². The molecular weight excluding hydrogens is 731 g/mol. The summed E-state index contributed by atoms with van der Waals surface area (Å²) in [7, 11) is 0. The molecule has 0 bridgehead atoms. The fourth-order valence-electron chi connectivity index (χ4n) is 5.44. The maximum absolute atomic E-state index is 12.9. The molecule has 284 valence electrons. The Morgan fingerprint density at radius 2 is 1.57 bits per heavy atom. The van der Waals surface area contributed by atoms with Crippen LogP contribution in [0.2, 0.25) is 5.02 Å². The van der Waals surface area contributed by atoms with Crippen molar-refractivity contribution < 1.29 is 42.2 Å². The fraction of sp³-hybridized carbons (Fsp3) is 0.324. The Labute approximate surface area is 313 Å². The van der Waals surface area contributed by atoms with E-state index in [-0.39, 0.29) is 42.8 Å². The molecule has 1 aliphatic carbocycles. The van der Waals surface area contributed by atoms with Gasteiger partial charge in [-0.05, 0) is 79.1 Å². The van der Waals surface area contributed by atoms with Crippen molar-refractivity contribution in [1.29, 1.82) is 0 Å². The summed E-state index contributed by atoms with van der Waals surface area (Å²) < 4.78 is 43.6. The Kier molecular flexibility index (Phi) is 12.7. The van der Waals surface area contributed by atoms with E-state index in [2.05, 4.69) is 36.2 Å². The lowest BCUT2D eigenvalue weighted by Gasteiger charge is -2.19. The monoisotopic (exact) mass is 767 g/mol. The van der Waals surface area contributed by atoms with E-state index < -0.39 is 53.9 Å². The highest BCUT2D eigenvalue weighted by Crippen LogP contribution is 2.48. The lowest BCUT2D eigenvalue weighted by Crippen LogP contribution is -2.43. The Morgan fingerprint density at radius 3 is 2.20 bits per heavy atom. The molecule has 0 spiro atoms. The minimum atomic E-state index is -4.64. The number of carbonyl (C=O) groups excluding carboxylic acids is 3. The van der Waals surface area contributed by atoms with Crippen molar-refractivity contribution >= 4 is 52.8 Å². The third-order valence-corrected chi connectivity index (χ3v) is 8.88. The van der Waals surface area contributed by atoms with Crippen LogP contribution in [0.25, 0.3) is 0 Å². The average molecular weight is 768 g/mol. The summed E-state index contributed by atoms with van der Waals surface area (Å²) in [6.45, 7) is 0.160. The number of rotatable bonds is 18. The van der Waals surface area contributed by atoms with Gasteiger partial charge in [0.15, 0.2) is 6.61 Å². The van der Waals surface area contributed by atoms with Gasteiger partial charge in [0.25, 0.3) is 11.8 Å². The number of ketones is 1. The number of aliphatic carboxylic acids is 1. The van der Waals surface area contributed by atoms with Gasteiger partial charge in [0.2, 0.25) is 17.7 Å². The average Bonchev–Trinajstić information content (AvgIpc) is 3.93. The molecule has 5 N–H and O–H groups in total. The molecular formula is C37H37ClF3N7O6. The van der Waals surface area contributed by atoms with Gasteiger partial charge < -0.3 is 31.1 Å². The maximum Gasteiger partial charge on any atom is 0.422 e. The van der Waals surface area contributed by atoms with E-state index in [0.29, 0.717) is 30.0 Å². The van der Waals surface area contributed by atoms with Crippen LogP contribution >= 0.6 is 11.6 Å². The van der Waals surface area contributed by atoms with Crippen molar-refractivity contribution in [1.82, 2.24) is 25.6 Å². The predicted molar refractivity (Wildman–Crippen MR) is 193 cm³/mol. The second kappa shape index (κ2) is 17.4. The highest BCUT2D eigenvalue weighted by Gasteiger charge is 2.45. The molecule has 0 saturated heterocycles. The van der Waals surface area contributed by atoms with E-state index in [1.165, 1.54) is 24.3 Å². The molecule has 1 unspecified atom stereocenters. The van der Waals surface area contributed by atoms with Gasteiger partial charge in [0, 0.05) is 29.2 Å². The number of Topliss-reactive ketones (excluding diaryl/α,β-unsaturated/α-hetero) is 1. The summed E-state index contributed by atoms with van der Waals surface area (Å²) >= 11 is 6.02. The van der Waals surface area contributed by atoms with Gasteiger partial charge in [-0.1, -0.05) is 61.0 Å². The van der Waals surface area contributed by atoms with E-state index >= 15 is 0 Å². The molecule has 54 heavy (non-hydrogen) atoms. The van der Waals surface area contributed by atoms with E-state index in [4.69, 9.17) is 16.3 Å². The molecule has 1 heterocycles. The third kappa shape index (κ3) is 11.4. The van der Waals surface area contributed by atoms with Gasteiger partial charge in [-0.2, -0.15) is 28.1 Å². The summed E-state index contributed by atoms with van der Waals surface area (Å²) in [6, 6.07) is 20.4. The Hall–Kier alpha value is -5.77. The number of carboxylic acid groups (broad SMARTS) is 1. The maximum atomic E-state index is 12.9. The minimum Gasteiger partial charge on any atom is -0.480 e. The van der Waals surface area contributed by atoms with Crippen LogP contribution < -0.4 is 26.0 Å². The van der Waals surface area contributed by atoms with Crippen molar-refractivity contribution in [2.75, 3.05) is 23.8 Å². The highest BCUT2D eigenvalue weighted by molar-refractivity contribution is 6.36. The number of amides is 2. The predicted octanol–water partition coefficient (Wildman–Crippen LogP) is 6.15. The van der Waals surface area contributed by atoms with Gasteiger partial charge in [0.1, 0.15) is 6.04 Å². The number of nitrogens with zero attached hydrogens (tertiary/aromatic N) is 3. The number of anilines is 3. The number of benzene rings is 3. The zero-order valence-corrected chi connectivity index (χ0v) is 29.7. The number of ether oxygens (including phenoxy) is 1. The molecule has 3 aromatic carbocycles. The fourth-order valence-corrected chi connectivity index (χ4v) is 5.57. The summed E-state index contributed by atoms with van der Waals surface area (Å²) in [4.78, 5) is 61.8. The first-order valence-electron chi connectivity index (χ1n) is 17.0. The number of halogens is 4. The van der Waals surface area contributed by atoms with Gasteiger partial charge >= 0.3 is 18.2 Å². The van der Waals surface area contributed by atoms with Crippen molar-refractivity contribution in [2.45, 2.75) is 62.7 Å². The van der Waals surface area contributed by atoms with Crippen molar-refractivity contribution in [2.24, 2.45) is 0 Å². The molecule has 1 fully saturated rings. The number of alkyl halides is 3. The third-order valence-electron chi connectivity index (χ3n) is 8.63. The number of hydrogen-bond acceptors (Lipinski definition) is 10. The van der Waals surface area contributed by atoms with Crippen LogP contribution in [0, 0.1) is 0 Å². The molecule has 1 saturated carbocycles. The number of nitrogens with one attached hydrogen (secondary N) is 4. The van der Waals surface area contributed by atoms with Crippen LogP contribution in [-0.4, -0.2) is 69.0 Å². The molecule has 2 atom stereocenters. The number of hydrogen-bond donors (Lipinski definition) is 5. The van der Waals surface area contributed by atoms with Gasteiger partial charge in [-0.15, -0.1) is 0 Å². The minimum absolute atomic E-state index is 0.0230. The molecule has 13 nitrogen and oxygen atoms in total. The Balaban J connectivity index is 1.16. The first-order valence-corrected chi connectivity index (χ1v) is 17.3. The van der Waals surface area contributed by atoms with Gasteiger partial charge in [0.05, 0.1) is 5.54 Å². The van der Waals surface area contributed by atoms with E-state index in [9.17, 15) is 37.5 Å². The zero-order chi connectivity index (χ0) is 38.9.